The molecule has 0 saturated carbocycles. The Hall–Kier alpha value is -0.0800. The molecule has 0 aliphatic rings. The standard InChI is InChI=1S/C11H25NO/c1-3-4-5-6-7-8-11(12-2)9-10-13/h11-13H,3-10H2,1-2H3. The summed E-state index contributed by atoms with van der Waals surface area (Å²) in [6, 6.07) is 0.520. The summed E-state index contributed by atoms with van der Waals surface area (Å²) in [5.41, 5.74) is 0. The molecule has 0 heterocycles. The molecule has 2 N–H and O–H groups in total. The summed E-state index contributed by atoms with van der Waals surface area (Å²) < 4.78 is 0. The summed E-state index contributed by atoms with van der Waals surface area (Å²) in [4.78, 5) is 0. The van der Waals surface area contributed by atoms with Crippen molar-refractivity contribution in [2.24, 2.45) is 0 Å². The molecule has 80 valence electrons. The van der Waals surface area contributed by atoms with Crippen LogP contribution in [-0.4, -0.2) is 24.8 Å². The molecular weight excluding hydrogens is 162 g/mol. The predicted molar refractivity (Wildman–Crippen MR) is 57.9 cm³/mol. The lowest BCUT2D eigenvalue weighted by Gasteiger charge is -2.14. The van der Waals surface area contributed by atoms with Crippen molar-refractivity contribution in [1.82, 2.24) is 5.32 Å². The third-order valence-electron chi connectivity index (χ3n) is 2.54. The molecule has 0 amide bonds. The third kappa shape index (κ3) is 8.26. The third-order valence-corrected chi connectivity index (χ3v) is 2.54. The van der Waals surface area contributed by atoms with Gasteiger partial charge < -0.3 is 10.4 Å². The minimum Gasteiger partial charge on any atom is -0.396 e. The molecule has 0 spiro atoms. The molecule has 0 aliphatic heterocycles. The van der Waals surface area contributed by atoms with E-state index in [1.54, 1.807) is 0 Å². The van der Waals surface area contributed by atoms with E-state index in [-0.39, 0.29) is 0 Å². The van der Waals surface area contributed by atoms with Gasteiger partial charge in [0, 0.05) is 12.6 Å². The molecule has 0 aromatic heterocycles. The molecular formula is C11H25NO. The number of hydrogen-bond donors (Lipinski definition) is 2. The summed E-state index contributed by atoms with van der Waals surface area (Å²) in [6.45, 7) is 2.54. The van der Waals surface area contributed by atoms with Crippen LogP contribution in [0.15, 0.2) is 0 Å². The second kappa shape index (κ2) is 10.0. The van der Waals surface area contributed by atoms with E-state index >= 15 is 0 Å². The van der Waals surface area contributed by atoms with Crippen LogP contribution in [0.2, 0.25) is 0 Å². The monoisotopic (exact) mass is 187 g/mol. The van der Waals surface area contributed by atoms with E-state index in [4.69, 9.17) is 5.11 Å². The molecule has 0 radical (unpaired) electrons. The molecule has 1 atom stereocenters. The van der Waals surface area contributed by atoms with Gasteiger partial charge in [0.1, 0.15) is 0 Å². The lowest BCUT2D eigenvalue weighted by molar-refractivity contribution is 0.262. The van der Waals surface area contributed by atoms with Crippen molar-refractivity contribution in [3.63, 3.8) is 0 Å². The van der Waals surface area contributed by atoms with Gasteiger partial charge in [0.05, 0.1) is 0 Å². The fourth-order valence-electron chi connectivity index (χ4n) is 1.58. The van der Waals surface area contributed by atoms with Crippen LogP contribution in [-0.2, 0) is 0 Å². The fourth-order valence-corrected chi connectivity index (χ4v) is 1.58. The van der Waals surface area contributed by atoms with Crippen molar-refractivity contribution in [1.29, 1.82) is 0 Å². The van der Waals surface area contributed by atoms with E-state index in [1.807, 2.05) is 7.05 Å². The van der Waals surface area contributed by atoms with Gasteiger partial charge in [-0.05, 0) is 19.9 Å². The Kier molecular flexibility index (Phi) is 9.94. The minimum atomic E-state index is 0.306. The first kappa shape index (κ1) is 12.9. The smallest absolute Gasteiger partial charge is 0.0445 e. The molecule has 0 aliphatic carbocycles. The maximum Gasteiger partial charge on any atom is 0.0445 e. The summed E-state index contributed by atoms with van der Waals surface area (Å²) >= 11 is 0. The topological polar surface area (TPSA) is 32.3 Å². The van der Waals surface area contributed by atoms with E-state index in [1.165, 1.54) is 38.5 Å². The SMILES string of the molecule is CCCCCCCC(CCO)NC. The lowest BCUT2D eigenvalue weighted by Crippen LogP contribution is -2.26. The van der Waals surface area contributed by atoms with Crippen LogP contribution < -0.4 is 5.32 Å². The molecule has 0 aromatic rings. The van der Waals surface area contributed by atoms with E-state index < -0.39 is 0 Å². The number of hydrogen-bond acceptors (Lipinski definition) is 2. The fraction of sp³-hybridized carbons (Fsp3) is 1.00. The van der Waals surface area contributed by atoms with Crippen LogP contribution in [0.4, 0.5) is 0 Å². The summed E-state index contributed by atoms with van der Waals surface area (Å²) in [5, 5.41) is 12.0. The van der Waals surface area contributed by atoms with E-state index in [0.717, 1.165) is 6.42 Å². The zero-order valence-corrected chi connectivity index (χ0v) is 9.18. The lowest BCUT2D eigenvalue weighted by atomic mass is 10.0. The van der Waals surface area contributed by atoms with Crippen LogP contribution in [0.1, 0.15) is 51.9 Å². The maximum atomic E-state index is 8.77. The zero-order valence-electron chi connectivity index (χ0n) is 9.18. The first-order chi connectivity index (χ1) is 6.35. The highest BCUT2D eigenvalue weighted by Crippen LogP contribution is 2.08. The van der Waals surface area contributed by atoms with Crippen LogP contribution in [0.25, 0.3) is 0 Å². The van der Waals surface area contributed by atoms with Crippen LogP contribution in [0, 0.1) is 0 Å². The second-order valence-electron chi connectivity index (χ2n) is 3.70. The number of unbranched alkanes of at least 4 members (excludes halogenated alkanes) is 4. The van der Waals surface area contributed by atoms with Gasteiger partial charge >= 0.3 is 0 Å². The van der Waals surface area contributed by atoms with Gasteiger partial charge in [0.25, 0.3) is 0 Å². The Balaban J connectivity index is 3.17. The number of aliphatic hydroxyl groups is 1. The highest BCUT2D eigenvalue weighted by molar-refractivity contribution is 4.63. The van der Waals surface area contributed by atoms with Gasteiger partial charge in [-0.15, -0.1) is 0 Å². The van der Waals surface area contributed by atoms with Gasteiger partial charge in [0.2, 0.25) is 0 Å². The first-order valence-corrected chi connectivity index (χ1v) is 5.63. The maximum absolute atomic E-state index is 8.77. The van der Waals surface area contributed by atoms with Crippen LogP contribution >= 0.6 is 0 Å². The summed E-state index contributed by atoms with van der Waals surface area (Å²) in [5.74, 6) is 0. The van der Waals surface area contributed by atoms with Gasteiger partial charge in [-0.2, -0.15) is 0 Å². The molecule has 13 heavy (non-hydrogen) atoms. The number of rotatable bonds is 9. The van der Waals surface area contributed by atoms with E-state index in [0.29, 0.717) is 12.6 Å². The number of aliphatic hydroxyl groups excluding tert-OH is 1. The Morgan fingerprint density at radius 3 is 2.31 bits per heavy atom. The van der Waals surface area contributed by atoms with Crippen molar-refractivity contribution in [2.75, 3.05) is 13.7 Å². The molecule has 2 heteroatoms. The largest absolute Gasteiger partial charge is 0.396 e. The second-order valence-corrected chi connectivity index (χ2v) is 3.70. The molecule has 0 fully saturated rings. The quantitative estimate of drug-likeness (QED) is 0.543. The highest BCUT2D eigenvalue weighted by Gasteiger charge is 2.03. The molecule has 1 unspecified atom stereocenters. The zero-order chi connectivity index (χ0) is 9.94. The molecule has 0 rings (SSSR count). The Morgan fingerprint density at radius 2 is 1.77 bits per heavy atom. The Bertz CT molecular complexity index is 96.1. The van der Waals surface area contributed by atoms with Crippen molar-refractivity contribution >= 4 is 0 Å². The van der Waals surface area contributed by atoms with Gasteiger partial charge in [0.15, 0.2) is 0 Å². The first-order valence-electron chi connectivity index (χ1n) is 5.63. The summed E-state index contributed by atoms with van der Waals surface area (Å²) in [6.07, 6.45) is 8.79. The summed E-state index contributed by atoms with van der Waals surface area (Å²) in [7, 11) is 1.98. The average Bonchev–Trinajstić information content (AvgIpc) is 2.16. The van der Waals surface area contributed by atoms with Gasteiger partial charge in [-0.25, -0.2) is 0 Å². The molecule has 0 aromatic carbocycles. The van der Waals surface area contributed by atoms with Crippen LogP contribution in [0.3, 0.4) is 0 Å². The van der Waals surface area contributed by atoms with Crippen molar-refractivity contribution in [3.05, 3.63) is 0 Å². The molecule has 0 saturated heterocycles. The number of nitrogens with one attached hydrogen (secondary N) is 1. The highest BCUT2D eigenvalue weighted by atomic mass is 16.3. The predicted octanol–water partition coefficient (Wildman–Crippen LogP) is 2.32. The van der Waals surface area contributed by atoms with Gasteiger partial charge in [-0.1, -0.05) is 39.0 Å². The van der Waals surface area contributed by atoms with E-state index in [9.17, 15) is 0 Å². The molecule has 2 nitrogen and oxygen atoms in total. The Labute approximate surface area is 82.7 Å². The van der Waals surface area contributed by atoms with Crippen molar-refractivity contribution in [2.45, 2.75) is 57.9 Å². The van der Waals surface area contributed by atoms with Crippen molar-refractivity contribution < 1.29 is 5.11 Å². The van der Waals surface area contributed by atoms with E-state index in [2.05, 4.69) is 12.2 Å². The normalized spacial score (nSPS) is 13.2. The minimum absolute atomic E-state index is 0.306. The van der Waals surface area contributed by atoms with Crippen LogP contribution in [0.5, 0.6) is 0 Å². The molecule has 0 bridgehead atoms. The van der Waals surface area contributed by atoms with Crippen molar-refractivity contribution in [3.8, 4) is 0 Å². The Morgan fingerprint density at radius 1 is 1.08 bits per heavy atom. The average molecular weight is 187 g/mol. The van der Waals surface area contributed by atoms with Gasteiger partial charge in [-0.3, -0.25) is 0 Å².